The first kappa shape index (κ1) is 15.6. The van der Waals surface area contributed by atoms with Gasteiger partial charge in [0.1, 0.15) is 13.2 Å². The molecule has 0 unspecified atom stereocenters. The van der Waals surface area contributed by atoms with Crippen LogP contribution in [0.5, 0.6) is 11.5 Å². The largest absolute Gasteiger partial charge is 0.486 e. The van der Waals surface area contributed by atoms with Gasteiger partial charge >= 0.3 is 11.8 Å². The molecule has 1 aromatic carbocycles. The minimum atomic E-state index is -0.647. The summed E-state index contributed by atoms with van der Waals surface area (Å²) < 4.78 is 10.9. The number of hydrogen-bond acceptors (Lipinski definition) is 4. The van der Waals surface area contributed by atoms with Gasteiger partial charge in [0, 0.05) is 17.8 Å². The fourth-order valence-electron chi connectivity index (χ4n) is 2.98. The zero-order valence-electron chi connectivity index (χ0n) is 13.1. The quantitative estimate of drug-likeness (QED) is 0.647. The fourth-order valence-corrected chi connectivity index (χ4v) is 2.98. The Hall–Kier alpha value is -2.24. The van der Waals surface area contributed by atoms with Gasteiger partial charge in [0.25, 0.3) is 0 Å². The predicted molar refractivity (Wildman–Crippen MR) is 85.7 cm³/mol. The number of ether oxygens (including phenoxy) is 2. The summed E-state index contributed by atoms with van der Waals surface area (Å²) in [5.74, 6) is 0.00750. The SMILES string of the molecule is O=C(Nc1ccc2c(c1)OCCO2)C(=O)NC1CCCCCC1. The third kappa shape index (κ3) is 4.15. The molecule has 0 saturated heterocycles. The summed E-state index contributed by atoms with van der Waals surface area (Å²) >= 11 is 0. The highest BCUT2D eigenvalue weighted by molar-refractivity contribution is 6.39. The van der Waals surface area contributed by atoms with Crippen LogP contribution in [0.4, 0.5) is 5.69 Å². The van der Waals surface area contributed by atoms with Crippen molar-refractivity contribution in [2.75, 3.05) is 18.5 Å². The van der Waals surface area contributed by atoms with Crippen molar-refractivity contribution in [2.24, 2.45) is 0 Å². The monoisotopic (exact) mass is 318 g/mol. The summed E-state index contributed by atoms with van der Waals surface area (Å²) in [6.45, 7) is 0.995. The van der Waals surface area contributed by atoms with Crippen LogP contribution in [0.1, 0.15) is 38.5 Å². The molecule has 0 atom stereocenters. The molecule has 0 aromatic heterocycles. The van der Waals surface area contributed by atoms with Gasteiger partial charge in [-0.05, 0) is 25.0 Å². The topological polar surface area (TPSA) is 76.7 Å². The summed E-state index contributed by atoms with van der Waals surface area (Å²) in [5, 5.41) is 5.44. The van der Waals surface area contributed by atoms with E-state index in [1.54, 1.807) is 18.2 Å². The van der Waals surface area contributed by atoms with Gasteiger partial charge < -0.3 is 20.1 Å². The van der Waals surface area contributed by atoms with Crippen LogP contribution in [0.3, 0.4) is 0 Å². The van der Waals surface area contributed by atoms with Gasteiger partial charge in [0.15, 0.2) is 11.5 Å². The smallest absolute Gasteiger partial charge is 0.313 e. The number of benzene rings is 1. The first-order valence-corrected chi connectivity index (χ1v) is 8.24. The zero-order valence-corrected chi connectivity index (χ0v) is 13.1. The van der Waals surface area contributed by atoms with Gasteiger partial charge in [-0.3, -0.25) is 9.59 Å². The lowest BCUT2D eigenvalue weighted by molar-refractivity contribution is -0.136. The molecule has 1 fully saturated rings. The summed E-state index contributed by atoms with van der Waals surface area (Å²) in [7, 11) is 0. The molecule has 124 valence electrons. The second-order valence-electron chi connectivity index (χ2n) is 5.97. The van der Waals surface area contributed by atoms with Crippen molar-refractivity contribution in [1.29, 1.82) is 0 Å². The molecule has 23 heavy (non-hydrogen) atoms. The van der Waals surface area contributed by atoms with Gasteiger partial charge in [0.2, 0.25) is 0 Å². The van der Waals surface area contributed by atoms with Crippen molar-refractivity contribution in [3.63, 3.8) is 0 Å². The van der Waals surface area contributed by atoms with Crippen LogP contribution in [0.15, 0.2) is 18.2 Å². The number of amides is 2. The molecule has 1 saturated carbocycles. The Balaban J connectivity index is 1.56. The van der Waals surface area contributed by atoms with Crippen LogP contribution < -0.4 is 20.1 Å². The van der Waals surface area contributed by atoms with Crippen molar-refractivity contribution in [3.8, 4) is 11.5 Å². The molecule has 2 amide bonds. The Morgan fingerprint density at radius 2 is 1.61 bits per heavy atom. The Bertz CT molecular complexity index is 580. The molecular formula is C17H22N2O4. The number of carbonyl (C=O) groups is 2. The molecule has 0 spiro atoms. The molecule has 0 bridgehead atoms. The van der Waals surface area contributed by atoms with Crippen molar-refractivity contribution in [2.45, 2.75) is 44.6 Å². The van der Waals surface area contributed by atoms with Crippen LogP contribution in [0.25, 0.3) is 0 Å². The molecule has 2 N–H and O–H groups in total. The molecule has 1 aromatic rings. The van der Waals surface area contributed by atoms with Crippen LogP contribution in [-0.2, 0) is 9.59 Å². The van der Waals surface area contributed by atoms with E-state index in [-0.39, 0.29) is 6.04 Å². The molecule has 1 heterocycles. The lowest BCUT2D eigenvalue weighted by Crippen LogP contribution is -2.41. The fraction of sp³-hybridized carbons (Fsp3) is 0.529. The van der Waals surface area contributed by atoms with Gasteiger partial charge in [0.05, 0.1) is 0 Å². The molecule has 3 rings (SSSR count). The van der Waals surface area contributed by atoms with E-state index < -0.39 is 11.8 Å². The standard InChI is InChI=1S/C17H22N2O4/c20-16(18-12-5-3-1-2-4-6-12)17(21)19-13-7-8-14-15(11-13)23-10-9-22-14/h7-8,11-12H,1-6,9-10H2,(H,18,20)(H,19,21). The molecule has 0 radical (unpaired) electrons. The van der Waals surface area contributed by atoms with E-state index in [9.17, 15) is 9.59 Å². The van der Waals surface area contributed by atoms with Crippen LogP contribution >= 0.6 is 0 Å². The van der Waals surface area contributed by atoms with Gasteiger partial charge in [-0.25, -0.2) is 0 Å². The lowest BCUT2D eigenvalue weighted by Gasteiger charge is -2.19. The van der Waals surface area contributed by atoms with E-state index >= 15 is 0 Å². The second-order valence-corrected chi connectivity index (χ2v) is 5.97. The van der Waals surface area contributed by atoms with Crippen molar-refractivity contribution < 1.29 is 19.1 Å². The Morgan fingerprint density at radius 1 is 0.913 bits per heavy atom. The molecule has 1 aliphatic carbocycles. The third-order valence-electron chi connectivity index (χ3n) is 4.20. The van der Waals surface area contributed by atoms with E-state index in [0.29, 0.717) is 30.4 Å². The zero-order chi connectivity index (χ0) is 16.1. The molecule has 1 aliphatic heterocycles. The van der Waals surface area contributed by atoms with Crippen molar-refractivity contribution in [1.82, 2.24) is 5.32 Å². The number of anilines is 1. The van der Waals surface area contributed by atoms with E-state index in [1.165, 1.54) is 12.8 Å². The van der Waals surface area contributed by atoms with E-state index in [0.717, 1.165) is 25.7 Å². The van der Waals surface area contributed by atoms with Gasteiger partial charge in [-0.2, -0.15) is 0 Å². The average molecular weight is 318 g/mol. The maximum absolute atomic E-state index is 12.0. The third-order valence-corrected chi connectivity index (χ3v) is 4.20. The van der Waals surface area contributed by atoms with Crippen molar-refractivity contribution in [3.05, 3.63) is 18.2 Å². The summed E-state index contributed by atoms with van der Waals surface area (Å²) in [6.07, 6.45) is 6.51. The predicted octanol–water partition coefficient (Wildman–Crippen LogP) is 2.24. The van der Waals surface area contributed by atoms with Crippen LogP contribution in [0.2, 0.25) is 0 Å². The number of hydrogen-bond donors (Lipinski definition) is 2. The highest BCUT2D eigenvalue weighted by Gasteiger charge is 2.20. The van der Waals surface area contributed by atoms with E-state index in [2.05, 4.69) is 10.6 Å². The normalized spacial score (nSPS) is 17.9. The highest BCUT2D eigenvalue weighted by Crippen LogP contribution is 2.32. The first-order chi connectivity index (χ1) is 11.2. The van der Waals surface area contributed by atoms with Gasteiger partial charge in [-0.15, -0.1) is 0 Å². The molecule has 6 nitrogen and oxygen atoms in total. The molecular weight excluding hydrogens is 296 g/mol. The van der Waals surface area contributed by atoms with E-state index in [1.807, 2.05) is 0 Å². The van der Waals surface area contributed by atoms with Crippen molar-refractivity contribution >= 4 is 17.5 Å². The number of carbonyl (C=O) groups excluding carboxylic acids is 2. The maximum Gasteiger partial charge on any atom is 0.313 e. The highest BCUT2D eigenvalue weighted by atomic mass is 16.6. The molecule has 2 aliphatic rings. The minimum absolute atomic E-state index is 0.107. The maximum atomic E-state index is 12.0. The summed E-state index contributed by atoms with van der Waals surface area (Å²) in [6, 6.07) is 5.21. The Morgan fingerprint density at radius 3 is 2.35 bits per heavy atom. The van der Waals surface area contributed by atoms with Gasteiger partial charge in [-0.1, -0.05) is 25.7 Å². The first-order valence-electron chi connectivity index (χ1n) is 8.24. The lowest BCUT2D eigenvalue weighted by atomic mass is 10.1. The van der Waals surface area contributed by atoms with Crippen LogP contribution in [0, 0.1) is 0 Å². The second kappa shape index (κ2) is 7.35. The number of nitrogens with one attached hydrogen (secondary N) is 2. The Kier molecular flexibility index (Phi) is 5.00. The van der Waals surface area contributed by atoms with E-state index in [4.69, 9.17) is 9.47 Å². The van der Waals surface area contributed by atoms with Crippen LogP contribution in [-0.4, -0.2) is 31.1 Å². The number of rotatable bonds is 2. The molecule has 6 heteroatoms. The minimum Gasteiger partial charge on any atom is -0.486 e. The summed E-state index contributed by atoms with van der Waals surface area (Å²) in [5.41, 5.74) is 0.523. The average Bonchev–Trinajstić information content (AvgIpc) is 2.83. The Labute approximate surface area is 135 Å². The number of fused-ring (bicyclic) bond motifs is 1. The summed E-state index contributed by atoms with van der Waals surface area (Å²) in [4.78, 5) is 24.1.